The van der Waals surface area contributed by atoms with Crippen LogP contribution < -0.4 is 15.1 Å². The van der Waals surface area contributed by atoms with Crippen LogP contribution in [0.5, 0.6) is 0 Å². The smallest absolute Gasteiger partial charge is 0.249 e. The van der Waals surface area contributed by atoms with Crippen molar-refractivity contribution < 1.29 is 9.53 Å². The molecule has 9 nitrogen and oxygen atoms in total. The number of aromatic nitrogens is 3. The quantitative estimate of drug-likeness (QED) is 0.841. The third kappa shape index (κ3) is 4.14. The van der Waals surface area contributed by atoms with E-state index in [1.165, 1.54) is 0 Å². The van der Waals surface area contributed by atoms with E-state index in [-0.39, 0.29) is 5.91 Å². The van der Waals surface area contributed by atoms with Crippen LogP contribution in [0.15, 0.2) is 30.5 Å². The molecule has 0 spiro atoms. The summed E-state index contributed by atoms with van der Waals surface area (Å²) in [5, 5.41) is 11.6. The Bertz CT molecular complexity index is 817. The fraction of sp³-hybridized carbons (Fsp3) is 0.474. The van der Waals surface area contributed by atoms with Gasteiger partial charge < -0.3 is 24.8 Å². The molecule has 1 aromatic heterocycles. The second kappa shape index (κ2) is 8.39. The molecule has 28 heavy (non-hydrogen) atoms. The first-order valence-corrected chi connectivity index (χ1v) is 9.59. The van der Waals surface area contributed by atoms with Crippen LogP contribution in [0.4, 0.5) is 23.1 Å². The lowest BCUT2D eigenvalue weighted by atomic mass is 10.2. The normalized spacial score (nSPS) is 17.5. The van der Waals surface area contributed by atoms with Crippen LogP contribution in [0.2, 0.25) is 0 Å². The molecular weight excluding hydrogens is 358 g/mol. The van der Waals surface area contributed by atoms with Gasteiger partial charge in [-0.3, -0.25) is 4.79 Å². The summed E-state index contributed by atoms with van der Waals surface area (Å²) in [6.45, 7) is 7.66. The molecule has 1 aromatic carbocycles. The zero-order chi connectivity index (χ0) is 19.3. The number of benzene rings is 1. The van der Waals surface area contributed by atoms with E-state index in [4.69, 9.17) is 4.74 Å². The molecule has 0 saturated carbocycles. The van der Waals surface area contributed by atoms with Crippen molar-refractivity contribution in [2.24, 2.45) is 0 Å². The summed E-state index contributed by atoms with van der Waals surface area (Å²) in [6, 6.07) is 8.13. The Kier molecular flexibility index (Phi) is 5.52. The van der Waals surface area contributed by atoms with Crippen molar-refractivity contribution in [3.8, 4) is 0 Å². The Labute approximate surface area is 164 Å². The van der Waals surface area contributed by atoms with E-state index < -0.39 is 0 Å². The molecule has 0 unspecified atom stereocenters. The van der Waals surface area contributed by atoms with Crippen LogP contribution in [0.25, 0.3) is 0 Å². The molecule has 2 aliphatic rings. The number of nitrogens with one attached hydrogen (secondary N) is 1. The first-order valence-electron chi connectivity index (χ1n) is 9.59. The first-order chi connectivity index (χ1) is 13.7. The Morgan fingerprint density at radius 2 is 1.79 bits per heavy atom. The zero-order valence-corrected chi connectivity index (χ0v) is 16.0. The van der Waals surface area contributed by atoms with Gasteiger partial charge in [0.2, 0.25) is 11.9 Å². The van der Waals surface area contributed by atoms with E-state index >= 15 is 0 Å². The number of rotatable bonds is 4. The number of carbonyl (C=O) groups is 1. The number of nitrogens with zero attached hydrogens (tertiary/aromatic N) is 6. The molecule has 148 valence electrons. The van der Waals surface area contributed by atoms with Crippen molar-refractivity contribution in [2.75, 3.05) is 67.6 Å². The van der Waals surface area contributed by atoms with E-state index in [0.29, 0.717) is 19.0 Å². The summed E-state index contributed by atoms with van der Waals surface area (Å²) in [7, 11) is 0. The summed E-state index contributed by atoms with van der Waals surface area (Å²) in [5.41, 5.74) is 2.06. The minimum absolute atomic E-state index is 0.113. The highest BCUT2D eigenvalue weighted by Gasteiger charge is 2.21. The van der Waals surface area contributed by atoms with Gasteiger partial charge in [-0.1, -0.05) is 12.1 Å². The van der Waals surface area contributed by atoms with Crippen LogP contribution in [0.1, 0.15) is 6.92 Å². The first kappa shape index (κ1) is 18.4. The number of carbonyl (C=O) groups excluding carboxylic acids is 1. The molecule has 1 N–H and O–H groups in total. The van der Waals surface area contributed by atoms with Crippen LogP contribution in [-0.4, -0.2) is 78.5 Å². The van der Waals surface area contributed by atoms with E-state index in [0.717, 1.165) is 56.6 Å². The van der Waals surface area contributed by atoms with Crippen LogP contribution in [-0.2, 0) is 9.53 Å². The number of hydrogen-bond acceptors (Lipinski definition) is 8. The summed E-state index contributed by atoms with van der Waals surface area (Å²) in [5.74, 6) is 1.35. The third-order valence-electron chi connectivity index (χ3n) is 5.10. The number of ether oxygens (including phenoxy) is 1. The van der Waals surface area contributed by atoms with Crippen molar-refractivity contribution in [1.29, 1.82) is 0 Å². The zero-order valence-electron chi connectivity index (χ0n) is 16.0. The van der Waals surface area contributed by atoms with E-state index in [9.17, 15) is 4.79 Å². The van der Waals surface area contributed by atoms with Crippen molar-refractivity contribution in [3.05, 3.63) is 30.5 Å². The van der Waals surface area contributed by atoms with Gasteiger partial charge in [0.25, 0.3) is 0 Å². The molecule has 4 rings (SSSR count). The van der Waals surface area contributed by atoms with Crippen LogP contribution >= 0.6 is 0 Å². The molecule has 0 bridgehead atoms. The lowest BCUT2D eigenvalue weighted by Gasteiger charge is -2.34. The molecule has 2 aliphatic heterocycles. The highest BCUT2D eigenvalue weighted by atomic mass is 16.5. The maximum absolute atomic E-state index is 11.5. The molecule has 3 heterocycles. The van der Waals surface area contributed by atoms with Crippen molar-refractivity contribution in [2.45, 2.75) is 6.92 Å². The lowest BCUT2D eigenvalue weighted by Crippen LogP contribution is -2.48. The molecular formula is C19H25N7O2. The van der Waals surface area contributed by atoms with Gasteiger partial charge in [-0.15, -0.1) is 5.10 Å². The minimum Gasteiger partial charge on any atom is -0.378 e. The fourth-order valence-electron chi connectivity index (χ4n) is 3.53. The molecule has 2 saturated heterocycles. The molecule has 2 aromatic rings. The standard InChI is InChI=1S/C19H25N7O2/c1-15(27)24-6-8-26(9-7-24)18-14-20-23-19(22-18)21-16-4-2-3-5-17(16)25-10-12-28-13-11-25/h2-5,14H,6-13H2,1H3,(H,21,22,23). The van der Waals surface area contributed by atoms with Crippen molar-refractivity contribution >= 4 is 29.0 Å². The highest BCUT2D eigenvalue weighted by Crippen LogP contribution is 2.28. The van der Waals surface area contributed by atoms with Gasteiger partial charge in [0.15, 0.2) is 5.82 Å². The second-order valence-corrected chi connectivity index (χ2v) is 6.87. The minimum atomic E-state index is 0.113. The van der Waals surface area contributed by atoms with Gasteiger partial charge in [0, 0.05) is 46.2 Å². The van der Waals surface area contributed by atoms with Crippen LogP contribution in [0, 0.1) is 0 Å². The molecule has 0 radical (unpaired) electrons. The summed E-state index contributed by atoms with van der Waals surface area (Å²) < 4.78 is 5.46. The number of hydrogen-bond donors (Lipinski definition) is 1. The third-order valence-corrected chi connectivity index (χ3v) is 5.10. The predicted molar refractivity (Wildman–Crippen MR) is 107 cm³/mol. The van der Waals surface area contributed by atoms with Gasteiger partial charge >= 0.3 is 0 Å². The predicted octanol–water partition coefficient (Wildman–Crippen LogP) is 1.12. The second-order valence-electron chi connectivity index (χ2n) is 6.87. The van der Waals surface area contributed by atoms with Gasteiger partial charge in [0.05, 0.1) is 30.8 Å². The summed E-state index contributed by atoms with van der Waals surface area (Å²) in [6.07, 6.45) is 1.67. The summed E-state index contributed by atoms with van der Waals surface area (Å²) >= 11 is 0. The number of amides is 1. The topological polar surface area (TPSA) is 86.7 Å². The summed E-state index contributed by atoms with van der Waals surface area (Å²) in [4.78, 5) is 22.4. The Hall–Kier alpha value is -2.94. The Balaban J connectivity index is 1.48. The van der Waals surface area contributed by atoms with Gasteiger partial charge in [-0.2, -0.15) is 10.1 Å². The maximum Gasteiger partial charge on any atom is 0.249 e. The fourth-order valence-corrected chi connectivity index (χ4v) is 3.53. The largest absolute Gasteiger partial charge is 0.378 e. The average molecular weight is 383 g/mol. The average Bonchev–Trinajstić information content (AvgIpc) is 2.75. The number of para-hydroxylation sites is 2. The number of piperazine rings is 1. The molecule has 0 atom stereocenters. The van der Waals surface area contributed by atoms with Crippen LogP contribution in [0.3, 0.4) is 0 Å². The van der Waals surface area contributed by atoms with Gasteiger partial charge in [0.1, 0.15) is 0 Å². The van der Waals surface area contributed by atoms with Gasteiger partial charge in [-0.25, -0.2) is 0 Å². The monoisotopic (exact) mass is 383 g/mol. The Morgan fingerprint density at radius 1 is 1.04 bits per heavy atom. The SMILES string of the molecule is CC(=O)N1CCN(c2cnnc(Nc3ccccc3N3CCOCC3)n2)CC1. The van der Waals surface area contributed by atoms with Gasteiger partial charge in [-0.05, 0) is 12.1 Å². The molecule has 9 heteroatoms. The molecule has 0 aliphatic carbocycles. The van der Waals surface area contributed by atoms with Crippen molar-refractivity contribution in [1.82, 2.24) is 20.1 Å². The van der Waals surface area contributed by atoms with E-state index in [2.05, 4.69) is 36.4 Å². The maximum atomic E-state index is 11.5. The van der Waals surface area contributed by atoms with E-state index in [1.54, 1.807) is 13.1 Å². The molecule has 2 fully saturated rings. The molecule has 1 amide bonds. The lowest BCUT2D eigenvalue weighted by molar-refractivity contribution is -0.129. The van der Waals surface area contributed by atoms with E-state index in [1.807, 2.05) is 23.1 Å². The number of anilines is 4. The highest BCUT2D eigenvalue weighted by molar-refractivity contribution is 5.74. The van der Waals surface area contributed by atoms with Crippen molar-refractivity contribution in [3.63, 3.8) is 0 Å². The Morgan fingerprint density at radius 3 is 2.54 bits per heavy atom. The number of morpholine rings is 1.